The Balaban J connectivity index is 1.68. The van der Waals surface area contributed by atoms with Gasteiger partial charge in [0.1, 0.15) is 5.76 Å². The van der Waals surface area contributed by atoms with Crippen molar-refractivity contribution in [2.45, 2.75) is 19.9 Å². The Morgan fingerprint density at radius 1 is 1.48 bits per heavy atom. The van der Waals surface area contributed by atoms with Crippen LogP contribution in [0.4, 0.5) is 0 Å². The number of furan rings is 1. The maximum absolute atomic E-state index is 12.4. The molecule has 1 amide bonds. The molecule has 0 bridgehead atoms. The Hall–Kier alpha value is -2.09. The van der Waals surface area contributed by atoms with Gasteiger partial charge in [-0.15, -0.1) is 0 Å². The maximum atomic E-state index is 12.4. The summed E-state index contributed by atoms with van der Waals surface area (Å²) < 4.78 is 8.14. The molecule has 23 heavy (non-hydrogen) atoms. The monoisotopic (exact) mass is 381 g/mol. The second-order valence-electron chi connectivity index (χ2n) is 5.96. The molecule has 1 aliphatic heterocycles. The zero-order valence-corrected chi connectivity index (χ0v) is 14.1. The molecule has 2 aromatic heterocycles. The summed E-state index contributed by atoms with van der Waals surface area (Å²) in [5.41, 5.74) is -0.883. The molecule has 3 heterocycles. The zero-order chi connectivity index (χ0) is 16.6. The summed E-state index contributed by atoms with van der Waals surface area (Å²) in [5.74, 6) is -0.315. The number of halogens is 1. The lowest BCUT2D eigenvalue weighted by Gasteiger charge is -2.19. The predicted octanol–water partition coefficient (Wildman–Crippen LogP) is 2.22. The van der Waals surface area contributed by atoms with Gasteiger partial charge < -0.3 is 14.4 Å². The molecule has 1 saturated heterocycles. The number of likely N-dealkylation sites (tertiary alicyclic amines) is 1. The van der Waals surface area contributed by atoms with Crippen molar-refractivity contribution in [2.24, 2.45) is 5.41 Å². The Morgan fingerprint density at radius 2 is 2.26 bits per heavy atom. The summed E-state index contributed by atoms with van der Waals surface area (Å²) in [6, 6.07) is 3.35. The van der Waals surface area contributed by atoms with E-state index in [0.29, 0.717) is 25.3 Å². The van der Waals surface area contributed by atoms with E-state index in [-0.39, 0.29) is 18.2 Å². The number of carbonyl (C=O) groups excluding carboxylic acids is 1. The van der Waals surface area contributed by atoms with Crippen LogP contribution < -0.4 is 0 Å². The van der Waals surface area contributed by atoms with Gasteiger partial charge in [0.15, 0.2) is 5.76 Å². The van der Waals surface area contributed by atoms with Gasteiger partial charge >= 0.3 is 5.97 Å². The number of hydrogen-bond donors (Lipinski definition) is 1. The minimum atomic E-state index is -0.883. The molecule has 0 unspecified atom stereocenters. The van der Waals surface area contributed by atoms with Crippen LogP contribution >= 0.6 is 15.9 Å². The SMILES string of the molecule is C[C@@]1(C(=O)O)CCN(C(=O)c2ccc(Cn3cc(Br)cn3)o2)C1. The van der Waals surface area contributed by atoms with Crippen molar-refractivity contribution in [1.82, 2.24) is 14.7 Å². The standard InChI is InChI=1S/C15H16BrN3O4/c1-15(14(21)22)4-5-18(9-15)13(20)12-3-2-11(23-12)8-19-7-10(16)6-17-19/h2-3,6-7H,4-5,8-9H2,1H3,(H,21,22)/t15-/m1/s1. The van der Waals surface area contributed by atoms with E-state index >= 15 is 0 Å². The Morgan fingerprint density at radius 3 is 2.87 bits per heavy atom. The van der Waals surface area contributed by atoms with Crippen LogP contribution in [0, 0.1) is 5.41 Å². The molecule has 0 saturated carbocycles. The highest BCUT2D eigenvalue weighted by atomic mass is 79.9. The number of carbonyl (C=O) groups is 2. The van der Waals surface area contributed by atoms with E-state index in [0.717, 1.165) is 4.47 Å². The van der Waals surface area contributed by atoms with Crippen LogP contribution in [0.15, 0.2) is 33.4 Å². The van der Waals surface area contributed by atoms with Crippen molar-refractivity contribution in [3.8, 4) is 0 Å². The van der Waals surface area contributed by atoms with Crippen molar-refractivity contribution in [2.75, 3.05) is 13.1 Å². The molecule has 1 fully saturated rings. The first-order chi connectivity index (χ1) is 10.9. The summed E-state index contributed by atoms with van der Waals surface area (Å²) in [7, 11) is 0. The van der Waals surface area contributed by atoms with Crippen LogP contribution in [0.2, 0.25) is 0 Å². The molecule has 0 aliphatic carbocycles. The lowest BCUT2D eigenvalue weighted by atomic mass is 9.90. The average molecular weight is 382 g/mol. The number of rotatable bonds is 4. The first-order valence-electron chi connectivity index (χ1n) is 7.17. The maximum Gasteiger partial charge on any atom is 0.311 e. The predicted molar refractivity (Wildman–Crippen MR) is 84.0 cm³/mol. The van der Waals surface area contributed by atoms with Gasteiger partial charge in [-0.2, -0.15) is 5.10 Å². The minimum absolute atomic E-state index is 0.198. The zero-order valence-electron chi connectivity index (χ0n) is 12.5. The fourth-order valence-corrected chi connectivity index (χ4v) is 2.96. The van der Waals surface area contributed by atoms with E-state index < -0.39 is 11.4 Å². The van der Waals surface area contributed by atoms with Crippen LogP contribution in [0.25, 0.3) is 0 Å². The second-order valence-corrected chi connectivity index (χ2v) is 6.88. The highest BCUT2D eigenvalue weighted by Crippen LogP contribution is 2.31. The highest BCUT2D eigenvalue weighted by Gasteiger charge is 2.42. The van der Waals surface area contributed by atoms with Gasteiger partial charge in [0.2, 0.25) is 0 Å². The number of amides is 1. The van der Waals surface area contributed by atoms with Crippen LogP contribution in [0.1, 0.15) is 29.7 Å². The molecule has 8 heteroatoms. The van der Waals surface area contributed by atoms with Crippen LogP contribution in [-0.4, -0.2) is 44.8 Å². The van der Waals surface area contributed by atoms with Crippen molar-refractivity contribution in [3.05, 3.63) is 40.5 Å². The van der Waals surface area contributed by atoms with Gasteiger partial charge in [0.05, 0.1) is 22.6 Å². The number of carboxylic acids is 1. The minimum Gasteiger partial charge on any atom is -0.481 e. The number of aromatic nitrogens is 2. The van der Waals surface area contributed by atoms with E-state index in [1.165, 1.54) is 4.90 Å². The quantitative estimate of drug-likeness (QED) is 0.876. The summed E-state index contributed by atoms with van der Waals surface area (Å²) in [5, 5.41) is 13.4. The van der Waals surface area contributed by atoms with Gasteiger partial charge in [-0.1, -0.05) is 0 Å². The summed E-state index contributed by atoms with van der Waals surface area (Å²) in [4.78, 5) is 25.2. The van der Waals surface area contributed by atoms with Crippen LogP contribution in [0.5, 0.6) is 0 Å². The van der Waals surface area contributed by atoms with E-state index in [1.54, 1.807) is 29.9 Å². The summed E-state index contributed by atoms with van der Waals surface area (Å²) in [6.45, 7) is 2.70. The fraction of sp³-hybridized carbons (Fsp3) is 0.400. The second kappa shape index (κ2) is 5.84. The smallest absolute Gasteiger partial charge is 0.311 e. The molecule has 7 nitrogen and oxygen atoms in total. The lowest BCUT2D eigenvalue weighted by molar-refractivity contribution is -0.147. The van der Waals surface area contributed by atoms with Gasteiger partial charge in [-0.25, -0.2) is 0 Å². The molecule has 2 aromatic rings. The van der Waals surface area contributed by atoms with Gasteiger partial charge in [-0.3, -0.25) is 14.3 Å². The lowest BCUT2D eigenvalue weighted by Crippen LogP contribution is -2.34. The third-order valence-electron chi connectivity index (χ3n) is 4.07. The van der Waals surface area contributed by atoms with Gasteiger partial charge in [-0.05, 0) is 41.4 Å². The molecule has 1 N–H and O–H groups in total. The van der Waals surface area contributed by atoms with Gasteiger partial charge in [0, 0.05) is 19.3 Å². The van der Waals surface area contributed by atoms with Gasteiger partial charge in [0.25, 0.3) is 5.91 Å². The van der Waals surface area contributed by atoms with E-state index in [4.69, 9.17) is 4.42 Å². The summed E-state index contributed by atoms with van der Waals surface area (Å²) in [6.07, 6.45) is 3.93. The number of nitrogens with zero attached hydrogens (tertiary/aromatic N) is 3. The molecule has 1 aliphatic rings. The van der Waals surface area contributed by atoms with Crippen molar-refractivity contribution in [3.63, 3.8) is 0 Å². The molecule has 0 spiro atoms. The Bertz CT molecular complexity index is 753. The summed E-state index contributed by atoms with van der Waals surface area (Å²) >= 11 is 3.32. The number of carboxylic acid groups (broad SMARTS) is 1. The Kier molecular flexibility index (Phi) is 4.01. The molecular weight excluding hydrogens is 366 g/mol. The van der Waals surface area contributed by atoms with Crippen molar-refractivity contribution in [1.29, 1.82) is 0 Å². The highest BCUT2D eigenvalue weighted by molar-refractivity contribution is 9.10. The number of hydrogen-bond acceptors (Lipinski definition) is 4. The number of aliphatic carboxylic acids is 1. The topological polar surface area (TPSA) is 88.6 Å². The van der Waals surface area contributed by atoms with Crippen LogP contribution in [-0.2, 0) is 11.3 Å². The van der Waals surface area contributed by atoms with Crippen molar-refractivity contribution >= 4 is 27.8 Å². The fourth-order valence-electron chi connectivity index (χ4n) is 2.63. The average Bonchev–Trinajstić information content (AvgIpc) is 3.20. The molecule has 122 valence electrons. The van der Waals surface area contributed by atoms with Crippen molar-refractivity contribution < 1.29 is 19.1 Å². The molecule has 0 aromatic carbocycles. The molecule has 1 atom stereocenters. The third kappa shape index (κ3) is 3.17. The molecular formula is C15H16BrN3O4. The first-order valence-corrected chi connectivity index (χ1v) is 7.96. The van der Waals surface area contributed by atoms with E-state index in [1.807, 2.05) is 6.20 Å². The van der Waals surface area contributed by atoms with E-state index in [2.05, 4.69) is 21.0 Å². The largest absolute Gasteiger partial charge is 0.481 e. The third-order valence-corrected chi connectivity index (χ3v) is 4.48. The molecule has 0 radical (unpaired) electrons. The first kappa shape index (κ1) is 15.8. The van der Waals surface area contributed by atoms with Crippen LogP contribution in [0.3, 0.4) is 0 Å². The Labute approximate surface area is 141 Å². The normalized spacial score (nSPS) is 20.9. The molecule has 3 rings (SSSR count). The van der Waals surface area contributed by atoms with E-state index in [9.17, 15) is 14.7 Å².